The fourth-order valence-corrected chi connectivity index (χ4v) is 2.42. The molecule has 0 saturated carbocycles. The third-order valence-corrected chi connectivity index (χ3v) is 3.25. The van der Waals surface area contributed by atoms with E-state index in [0.29, 0.717) is 13.2 Å². The van der Waals surface area contributed by atoms with E-state index in [9.17, 15) is 0 Å². The minimum Gasteiger partial charge on any atom is -0.494 e. The number of hydrogen-bond donors (Lipinski definition) is 0. The first-order chi connectivity index (χ1) is 8.35. The highest BCUT2D eigenvalue weighted by atomic mass is 32.1. The van der Waals surface area contributed by atoms with Crippen molar-refractivity contribution in [1.29, 1.82) is 0 Å². The Balaban J connectivity index is 2.40. The van der Waals surface area contributed by atoms with E-state index in [-0.39, 0.29) is 0 Å². The number of ether oxygens (including phenoxy) is 2. The first kappa shape index (κ1) is 12.0. The van der Waals surface area contributed by atoms with E-state index in [0.717, 1.165) is 17.1 Å². The summed E-state index contributed by atoms with van der Waals surface area (Å²) >= 11 is 1.71. The molecule has 90 valence electrons. The molecule has 0 spiro atoms. The van der Waals surface area contributed by atoms with Crippen molar-refractivity contribution in [3.63, 3.8) is 0 Å². The summed E-state index contributed by atoms with van der Waals surface area (Å²) in [7, 11) is 0. The molecule has 0 amide bonds. The summed E-state index contributed by atoms with van der Waals surface area (Å²) in [5, 5.41) is 2.07. The molecule has 0 bridgehead atoms. The number of benzene rings is 1. The van der Waals surface area contributed by atoms with Gasteiger partial charge in [0.2, 0.25) is 0 Å². The second-order valence-electron chi connectivity index (χ2n) is 3.50. The van der Waals surface area contributed by atoms with Crippen LogP contribution < -0.4 is 9.47 Å². The maximum Gasteiger partial charge on any atom is 0.128 e. The highest BCUT2D eigenvalue weighted by Crippen LogP contribution is 2.36. The minimum absolute atomic E-state index is 0.673. The van der Waals surface area contributed by atoms with E-state index in [4.69, 9.17) is 9.47 Å². The lowest BCUT2D eigenvalue weighted by Crippen LogP contribution is -1.96. The molecule has 2 rings (SSSR count). The number of rotatable bonds is 5. The minimum atomic E-state index is 0.673. The van der Waals surface area contributed by atoms with Crippen molar-refractivity contribution < 1.29 is 9.47 Å². The molecule has 0 aliphatic carbocycles. The Morgan fingerprint density at radius 2 is 1.88 bits per heavy atom. The van der Waals surface area contributed by atoms with Gasteiger partial charge in [-0.15, -0.1) is 11.3 Å². The van der Waals surface area contributed by atoms with Gasteiger partial charge < -0.3 is 9.47 Å². The van der Waals surface area contributed by atoms with E-state index in [1.807, 2.05) is 38.1 Å². The van der Waals surface area contributed by atoms with Crippen LogP contribution in [0.15, 0.2) is 35.7 Å². The molecule has 0 radical (unpaired) electrons. The lowest BCUT2D eigenvalue weighted by atomic mass is 10.1. The monoisotopic (exact) mass is 248 g/mol. The summed E-state index contributed by atoms with van der Waals surface area (Å²) in [4.78, 5) is 1.20. The fourth-order valence-electron chi connectivity index (χ4n) is 1.67. The molecule has 0 aliphatic rings. The second-order valence-corrected chi connectivity index (χ2v) is 4.45. The smallest absolute Gasteiger partial charge is 0.128 e. The Kier molecular flexibility index (Phi) is 4.04. The van der Waals surface area contributed by atoms with E-state index in [1.54, 1.807) is 11.3 Å². The zero-order valence-electron chi connectivity index (χ0n) is 10.1. The third kappa shape index (κ3) is 2.80. The molecule has 0 fully saturated rings. The van der Waals surface area contributed by atoms with Crippen LogP contribution in [0.2, 0.25) is 0 Å². The van der Waals surface area contributed by atoms with Crippen LogP contribution >= 0.6 is 11.3 Å². The van der Waals surface area contributed by atoms with Crippen LogP contribution in [0.3, 0.4) is 0 Å². The van der Waals surface area contributed by atoms with Gasteiger partial charge >= 0.3 is 0 Å². The molecule has 17 heavy (non-hydrogen) atoms. The average Bonchev–Trinajstić information content (AvgIpc) is 2.85. The quantitative estimate of drug-likeness (QED) is 0.789. The molecular formula is C14H16O2S. The van der Waals surface area contributed by atoms with Gasteiger partial charge in [0.15, 0.2) is 0 Å². The zero-order valence-corrected chi connectivity index (χ0v) is 10.9. The number of thiophene rings is 1. The predicted octanol–water partition coefficient (Wildman–Crippen LogP) is 4.21. The highest BCUT2D eigenvalue weighted by Gasteiger charge is 2.08. The van der Waals surface area contributed by atoms with Gasteiger partial charge in [0.1, 0.15) is 11.5 Å². The van der Waals surface area contributed by atoms with Crippen molar-refractivity contribution in [2.24, 2.45) is 0 Å². The third-order valence-electron chi connectivity index (χ3n) is 2.35. The van der Waals surface area contributed by atoms with Crippen LogP contribution in [-0.2, 0) is 0 Å². The molecule has 1 heterocycles. The molecule has 3 heteroatoms. The van der Waals surface area contributed by atoms with Crippen LogP contribution in [0.1, 0.15) is 13.8 Å². The van der Waals surface area contributed by atoms with Crippen LogP contribution in [0.25, 0.3) is 10.4 Å². The van der Waals surface area contributed by atoms with E-state index < -0.39 is 0 Å². The number of hydrogen-bond acceptors (Lipinski definition) is 3. The normalized spacial score (nSPS) is 10.2. The van der Waals surface area contributed by atoms with E-state index in [2.05, 4.69) is 11.4 Å². The molecule has 1 aromatic carbocycles. The summed E-state index contributed by atoms with van der Waals surface area (Å²) in [6.07, 6.45) is 0. The SMILES string of the molecule is CCOc1ccc(OCC)c(-c2cccs2)c1. The maximum absolute atomic E-state index is 5.65. The predicted molar refractivity (Wildman–Crippen MR) is 72.1 cm³/mol. The van der Waals surface area contributed by atoms with Crippen LogP contribution in [0.4, 0.5) is 0 Å². The maximum atomic E-state index is 5.65. The Bertz CT molecular complexity index is 463. The van der Waals surface area contributed by atoms with Gasteiger partial charge in [-0.05, 0) is 43.5 Å². The Labute approximate surface area is 106 Å². The van der Waals surface area contributed by atoms with Crippen molar-refractivity contribution in [3.8, 4) is 21.9 Å². The van der Waals surface area contributed by atoms with Crippen molar-refractivity contribution >= 4 is 11.3 Å². The largest absolute Gasteiger partial charge is 0.494 e. The highest BCUT2D eigenvalue weighted by molar-refractivity contribution is 7.13. The zero-order chi connectivity index (χ0) is 12.1. The Morgan fingerprint density at radius 1 is 1.06 bits per heavy atom. The molecular weight excluding hydrogens is 232 g/mol. The summed E-state index contributed by atoms with van der Waals surface area (Å²) in [5.41, 5.74) is 1.10. The Hall–Kier alpha value is -1.48. The second kappa shape index (κ2) is 5.73. The first-order valence-electron chi connectivity index (χ1n) is 5.78. The lowest BCUT2D eigenvalue weighted by Gasteiger charge is -2.11. The van der Waals surface area contributed by atoms with Gasteiger partial charge in [-0.25, -0.2) is 0 Å². The molecule has 0 saturated heterocycles. The summed E-state index contributed by atoms with van der Waals surface area (Å²) in [5.74, 6) is 1.80. The average molecular weight is 248 g/mol. The van der Waals surface area contributed by atoms with Gasteiger partial charge in [0, 0.05) is 10.4 Å². The van der Waals surface area contributed by atoms with Crippen molar-refractivity contribution in [1.82, 2.24) is 0 Å². The van der Waals surface area contributed by atoms with Gasteiger partial charge in [-0.2, -0.15) is 0 Å². The molecule has 0 aliphatic heterocycles. The van der Waals surface area contributed by atoms with Gasteiger partial charge in [0.25, 0.3) is 0 Å². The van der Waals surface area contributed by atoms with Crippen molar-refractivity contribution in [3.05, 3.63) is 35.7 Å². The van der Waals surface area contributed by atoms with Crippen LogP contribution in [-0.4, -0.2) is 13.2 Å². The summed E-state index contributed by atoms with van der Waals surface area (Å²) < 4.78 is 11.2. The first-order valence-corrected chi connectivity index (χ1v) is 6.66. The summed E-state index contributed by atoms with van der Waals surface area (Å²) in [6.45, 7) is 5.33. The lowest BCUT2D eigenvalue weighted by molar-refractivity contribution is 0.332. The van der Waals surface area contributed by atoms with E-state index in [1.165, 1.54) is 4.88 Å². The molecule has 1 aromatic heterocycles. The standard InChI is InChI=1S/C14H16O2S/c1-3-15-11-7-8-13(16-4-2)12(10-11)14-6-5-9-17-14/h5-10H,3-4H2,1-2H3. The fraction of sp³-hybridized carbons (Fsp3) is 0.286. The topological polar surface area (TPSA) is 18.5 Å². The summed E-state index contributed by atoms with van der Waals surface area (Å²) in [6, 6.07) is 10.1. The van der Waals surface area contributed by atoms with E-state index >= 15 is 0 Å². The molecule has 0 atom stereocenters. The van der Waals surface area contributed by atoms with Crippen LogP contribution in [0.5, 0.6) is 11.5 Å². The van der Waals surface area contributed by atoms with Crippen molar-refractivity contribution in [2.75, 3.05) is 13.2 Å². The molecule has 0 unspecified atom stereocenters. The molecule has 2 aromatic rings. The molecule has 2 nitrogen and oxygen atoms in total. The Morgan fingerprint density at radius 3 is 2.53 bits per heavy atom. The molecule has 0 N–H and O–H groups in total. The van der Waals surface area contributed by atoms with Gasteiger partial charge in [-0.1, -0.05) is 6.07 Å². The van der Waals surface area contributed by atoms with Gasteiger partial charge in [0.05, 0.1) is 13.2 Å². The van der Waals surface area contributed by atoms with Crippen LogP contribution in [0, 0.1) is 0 Å². The van der Waals surface area contributed by atoms with Gasteiger partial charge in [-0.3, -0.25) is 0 Å². The van der Waals surface area contributed by atoms with Crippen molar-refractivity contribution in [2.45, 2.75) is 13.8 Å².